The van der Waals surface area contributed by atoms with Crippen molar-refractivity contribution < 1.29 is 14.3 Å². The maximum Gasteiger partial charge on any atom is 0.313 e. The van der Waals surface area contributed by atoms with E-state index in [0.717, 1.165) is 13.0 Å². The number of hydrogen-bond donors (Lipinski definition) is 1. The monoisotopic (exact) mass is 185 g/mol. The highest BCUT2D eigenvalue weighted by atomic mass is 16.5. The van der Waals surface area contributed by atoms with Crippen LogP contribution in [0.1, 0.15) is 19.8 Å². The van der Waals surface area contributed by atoms with Crippen LogP contribution in [0.15, 0.2) is 0 Å². The second-order valence-electron chi connectivity index (χ2n) is 3.14. The highest BCUT2D eigenvalue weighted by Crippen LogP contribution is 2.10. The Morgan fingerprint density at radius 2 is 2.31 bits per heavy atom. The lowest BCUT2D eigenvalue weighted by atomic mass is 10.0. The summed E-state index contributed by atoms with van der Waals surface area (Å²) in [5.41, 5.74) is 0. The topological polar surface area (TPSA) is 55.4 Å². The van der Waals surface area contributed by atoms with Gasteiger partial charge in [0.15, 0.2) is 0 Å². The van der Waals surface area contributed by atoms with Gasteiger partial charge in [-0.2, -0.15) is 0 Å². The van der Waals surface area contributed by atoms with Crippen LogP contribution in [0, 0.1) is 5.92 Å². The van der Waals surface area contributed by atoms with E-state index in [-0.39, 0.29) is 18.1 Å². The number of ketones is 1. The van der Waals surface area contributed by atoms with E-state index in [9.17, 15) is 9.59 Å². The molecule has 0 saturated carbocycles. The van der Waals surface area contributed by atoms with Gasteiger partial charge in [0.1, 0.15) is 12.2 Å². The van der Waals surface area contributed by atoms with Gasteiger partial charge in [-0.3, -0.25) is 9.59 Å². The van der Waals surface area contributed by atoms with E-state index in [1.165, 1.54) is 0 Å². The summed E-state index contributed by atoms with van der Waals surface area (Å²) in [7, 11) is 0. The molecule has 0 aromatic carbocycles. The van der Waals surface area contributed by atoms with Crippen molar-refractivity contribution >= 4 is 11.8 Å². The second-order valence-corrected chi connectivity index (χ2v) is 3.14. The van der Waals surface area contributed by atoms with Crippen molar-refractivity contribution in [2.45, 2.75) is 19.8 Å². The minimum atomic E-state index is -0.403. The van der Waals surface area contributed by atoms with Gasteiger partial charge in [-0.1, -0.05) is 0 Å². The summed E-state index contributed by atoms with van der Waals surface area (Å²) in [6.07, 6.45) is 0.776. The molecular weight excluding hydrogens is 170 g/mol. The zero-order chi connectivity index (χ0) is 9.68. The lowest BCUT2D eigenvalue weighted by molar-refractivity contribution is -0.146. The molecule has 4 heteroatoms. The molecule has 0 aromatic rings. The van der Waals surface area contributed by atoms with Gasteiger partial charge in [-0.25, -0.2) is 0 Å². The third kappa shape index (κ3) is 3.14. The fourth-order valence-electron chi connectivity index (χ4n) is 1.43. The van der Waals surface area contributed by atoms with Crippen LogP contribution in [0.25, 0.3) is 0 Å². The SMILES string of the molecule is CCOC(=O)CC(=O)C1CCNC1. The number of hydrogen-bond acceptors (Lipinski definition) is 4. The molecule has 74 valence electrons. The van der Waals surface area contributed by atoms with E-state index in [1.807, 2.05) is 0 Å². The van der Waals surface area contributed by atoms with Crippen molar-refractivity contribution in [2.24, 2.45) is 5.92 Å². The average molecular weight is 185 g/mol. The van der Waals surface area contributed by atoms with Crippen LogP contribution < -0.4 is 5.32 Å². The van der Waals surface area contributed by atoms with Crippen LogP contribution >= 0.6 is 0 Å². The molecule has 1 aliphatic heterocycles. The molecule has 4 nitrogen and oxygen atoms in total. The largest absolute Gasteiger partial charge is 0.466 e. The quantitative estimate of drug-likeness (QED) is 0.499. The first-order valence-corrected chi connectivity index (χ1v) is 4.63. The number of carbonyl (C=O) groups excluding carboxylic acids is 2. The highest BCUT2D eigenvalue weighted by molar-refractivity contribution is 5.97. The molecule has 0 aliphatic carbocycles. The summed E-state index contributed by atoms with van der Waals surface area (Å²) < 4.78 is 4.69. The molecule has 1 atom stereocenters. The van der Waals surface area contributed by atoms with Gasteiger partial charge in [0.25, 0.3) is 0 Å². The van der Waals surface area contributed by atoms with Gasteiger partial charge in [-0.05, 0) is 19.9 Å². The predicted molar refractivity (Wildman–Crippen MR) is 47.2 cm³/mol. The Bertz CT molecular complexity index is 197. The maximum atomic E-state index is 11.4. The molecule has 0 bridgehead atoms. The van der Waals surface area contributed by atoms with Gasteiger partial charge in [0, 0.05) is 12.5 Å². The minimum Gasteiger partial charge on any atom is -0.466 e. The minimum absolute atomic E-state index is 0.00319. The van der Waals surface area contributed by atoms with E-state index in [4.69, 9.17) is 4.74 Å². The molecule has 13 heavy (non-hydrogen) atoms. The van der Waals surface area contributed by atoms with Crippen molar-refractivity contribution in [3.8, 4) is 0 Å². The molecule has 0 aromatic heterocycles. The van der Waals surface area contributed by atoms with Crippen LogP contribution in [0.5, 0.6) is 0 Å². The summed E-state index contributed by atoms with van der Waals surface area (Å²) in [6.45, 7) is 3.66. The van der Waals surface area contributed by atoms with Crippen molar-refractivity contribution in [3.05, 3.63) is 0 Å². The first-order chi connectivity index (χ1) is 6.24. The van der Waals surface area contributed by atoms with Crippen LogP contribution in [0.2, 0.25) is 0 Å². The van der Waals surface area contributed by atoms with Crippen molar-refractivity contribution in [3.63, 3.8) is 0 Å². The second kappa shape index (κ2) is 4.97. The molecule has 1 saturated heterocycles. The first kappa shape index (κ1) is 10.2. The molecule has 1 unspecified atom stereocenters. The van der Waals surface area contributed by atoms with Gasteiger partial charge in [0.05, 0.1) is 6.61 Å². The number of carbonyl (C=O) groups is 2. The first-order valence-electron chi connectivity index (χ1n) is 4.63. The van der Waals surface area contributed by atoms with Crippen molar-refractivity contribution in [1.29, 1.82) is 0 Å². The number of esters is 1. The molecule has 1 heterocycles. The third-order valence-electron chi connectivity index (χ3n) is 2.14. The number of Topliss-reactive ketones (excluding diaryl/α,β-unsaturated/α-hetero) is 1. The fourth-order valence-corrected chi connectivity index (χ4v) is 1.43. The van der Waals surface area contributed by atoms with E-state index in [1.54, 1.807) is 6.92 Å². The Morgan fingerprint density at radius 1 is 1.54 bits per heavy atom. The standard InChI is InChI=1S/C9H15NO3/c1-2-13-9(12)5-8(11)7-3-4-10-6-7/h7,10H,2-6H2,1H3. The van der Waals surface area contributed by atoms with Gasteiger partial charge in [-0.15, -0.1) is 0 Å². The van der Waals surface area contributed by atoms with Crippen molar-refractivity contribution in [2.75, 3.05) is 19.7 Å². The van der Waals surface area contributed by atoms with Gasteiger partial charge >= 0.3 is 5.97 Å². The Morgan fingerprint density at radius 3 is 2.85 bits per heavy atom. The zero-order valence-corrected chi connectivity index (χ0v) is 7.84. The Balaban J connectivity index is 2.27. The van der Waals surface area contributed by atoms with Gasteiger partial charge in [0.2, 0.25) is 0 Å². The zero-order valence-electron chi connectivity index (χ0n) is 7.84. The molecular formula is C9H15NO3. The molecule has 1 fully saturated rings. The number of nitrogens with one attached hydrogen (secondary N) is 1. The summed E-state index contributed by atoms with van der Waals surface area (Å²) in [5.74, 6) is -0.382. The molecule has 1 N–H and O–H groups in total. The summed E-state index contributed by atoms with van der Waals surface area (Å²) in [4.78, 5) is 22.3. The van der Waals surface area contributed by atoms with Crippen LogP contribution in [-0.2, 0) is 14.3 Å². The Hall–Kier alpha value is -0.900. The number of ether oxygens (including phenoxy) is 1. The molecule has 0 radical (unpaired) electrons. The van der Waals surface area contributed by atoms with E-state index < -0.39 is 5.97 Å². The Labute approximate surface area is 77.6 Å². The van der Waals surface area contributed by atoms with Gasteiger partial charge < -0.3 is 10.1 Å². The number of rotatable bonds is 4. The van der Waals surface area contributed by atoms with E-state index in [2.05, 4.69) is 5.32 Å². The predicted octanol–water partition coefficient (Wildman–Crippen LogP) is 0.118. The van der Waals surface area contributed by atoms with Crippen LogP contribution in [0.4, 0.5) is 0 Å². The summed E-state index contributed by atoms with van der Waals surface area (Å²) >= 11 is 0. The smallest absolute Gasteiger partial charge is 0.313 e. The van der Waals surface area contributed by atoms with Crippen LogP contribution in [0.3, 0.4) is 0 Å². The molecule has 0 amide bonds. The fraction of sp³-hybridized carbons (Fsp3) is 0.778. The maximum absolute atomic E-state index is 11.4. The normalized spacial score (nSPS) is 21.5. The summed E-state index contributed by atoms with van der Waals surface area (Å²) in [6, 6.07) is 0. The molecule has 0 spiro atoms. The highest BCUT2D eigenvalue weighted by Gasteiger charge is 2.24. The third-order valence-corrected chi connectivity index (χ3v) is 2.14. The van der Waals surface area contributed by atoms with E-state index in [0.29, 0.717) is 13.2 Å². The average Bonchev–Trinajstić information content (AvgIpc) is 2.55. The lowest BCUT2D eigenvalue weighted by Gasteiger charge is -2.05. The molecule has 1 rings (SSSR count). The van der Waals surface area contributed by atoms with Crippen LogP contribution in [-0.4, -0.2) is 31.4 Å². The summed E-state index contributed by atoms with van der Waals surface area (Å²) in [5, 5.41) is 3.09. The Kier molecular flexibility index (Phi) is 3.89. The lowest BCUT2D eigenvalue weighted by Crippen LogP contribution is -2.21. The van der Waals surface area contributed by atoms with E-state index >= 15 is 0 Å². The van der Waals surface area contributed by atoms with Crippen molar-refractivity contribution in [1.82, 2.24) is 5.32 Å². The molecule has 1 aliphatic rings.